The third-order valence-corrected chi connectivity index (χ3v) is 8.91. The van der Waals surface area contributed by atoms with Crippen LogP contribution in [0.5, 0.6) is 0 Å². The second kappa shape index (κ2) is 11.9. The fourth-order valence-electron chi connectivity index (χ4n) is 4.82. The molecule has 0 heterocycles. The predicted molar refractivity (Wildman–Crippen MR) is 159 cm³/mol. The van der Waals surface area contributed by atoms with Gasteiger partial charge in [-0.25, -0.2) is 13.2 Å². The molecule has 0 aromatic heterocycles. The van der Waals surface area contributed by atoms with Crippen LogP contribution in [0.15, 0.2) is 89.8 Å². The fraction of sp³-hybridized carbons (Fsp3) is 0.281. The molecule has 4 aromatic rings. The fourth-order valence-corrected chi connectivity index (χ4v) is 6.08. The van der Waals surface area contributed by atoms with Crippen molar-refractivity contribution in [3.8, 4) is 11.1 Å². The third kappa shape index (κ3) is 6.95. The number of carboxylic acid groups (broad SMARTS) is 1. The summed E-state index contributed by atoms with van der Waals surface area (Å²) in [5.74, 6) is -1.04. The van der Waals surface area contributed by atoms with Crippen LogP contribution in [0.3, 0.4) is 0 Å². The van der Waals surface area contributed by atoms with Gasteiger partial charge in [-0.15, -0.1) is 0 Å². The van der Waals surface area contributed by atoms with Crippen molar-refractivity contribution in [2.45, 2.75) is 43.7 Å². The van der Waals surface area contributed by atoms with E-state index in [0.29, 0.717) is 16.7 Å². The normalized spacial score (nSPS) is 13.1. The molecule has 0 saturated heterocycles. The highest BCUT2D eigenvalue weighted by atomic mass is 32.2. The number of nitrogens with zero attached hydrogens (tertiary/aromatic N) is 1. The number of aliphatic hydroxyl groups excluding tert-OH is 1. The van der Waals surface area contributed by atoms with Crippen molar-refractivity contribution in [3.63, 3.8) is 0 Å². The van der Waals surface area contributed by atoms with Crippen molar-refractivity contribution in [3.05, 3.63) is 102 Å². The number of carboxylic acids is 1. The smallest absolute Gasteiger partial charge is 0.335 e. The summed E-state index contributed by atoms with van der Waals surface area (Å²) in [5, 5.41) is 25.9. The molecule has 1 atom stereocenters. The summed E-state index contributed by atoms with van der Waals surface area (Å²) in [7, 11) is -2.45. The molecule has 0 radical (unpaired) electrons. The minimum absolute atomic E-state index is 0.0711. The Morgan fingerprint density at radius 1 is 0.925 bits per heavy atom. The lowest BCUT2D eigenvalue weighted by atomic mass is 9.93. The van der Waals surface area contributed by atoms with E-state index in [2.05, 4.69) is 49.5 Å². The van der Waals surface area contributed by atoms with Gasteiger partial charge in [-0.1, -0.05) is 66.7 Å². The van der Waals surface area contributed by atoms with Crippen LogP contribution < -0.4 is 5.32 Å². The van der Waals surface area contributed by atoms with Crippen molar-refractivity contribution < 1.29 is 23.4 Å². The Morgan fingerprint density at radius 3 is 2.35 bits per heavy atom. The van der Waals surface area contributed by atoms with Crippen LogP contribution in [0.2, 0.25) is 0 Å². The van der Waals surface area contributed by atoms with Gasteiger partial charge >= 0.3 is 5.97 Å². The first-order valence-electron chi connectivity index (χ1n) is 13.2. The average Bonchev–Trinajstić information content (AvgIpc) is 2.92. The molecule has 0 amide bonds. The minimum Gasteiger partial charge on any atom is -0.478 e. The number of aryl methyl sites for hydroxylation is 1. The number of fused-ring (bicyclic) bond motifs is 1. The monoisotopic (exact) mass is 560 g/mol. The molecule has 4 rings (SSSR count). The van der Waals surface area contributed by atoms with Crippen LogP contribution in [0, 0.1) is 6.92 Å². The molecule has 3 N–H and O–H groups in total. The summed E-state index contributed by atoms with van der Waals surface area (Å²) < 4.78 is 27.8. The molecule has 40 heavy (non-hydrogen) atoms. The van der Waals surface area contributed by atoms with Crippen LogP contribution in [0.1, 0.15) is 35.3 Å². The Kier molecular flexibility index (Phi) is 8.75. The van der Waals surface area contributed by atoms with E-state index in [4.69, 9.17) is 0 Å². The van der Waals surface area contributed by atoms with Crippen LogP contribution in [-0.4, -0.2) is 60.7 Å². The quantitative estimate of drug-likeness (QED) is 0.236. The number of hydrogen-bond donors (Lipinski definition) is 3. The van der Waals surface area contributed by atoms with Gasteiger partial charge in [0, 0.05) is 25.7 Å². The maximum Gasteiger partial charge on any atom is 0.335 e. The largest absolute Gasteiger partial charge is 0.478 e. The Hall–Kier alpha value is -3.56. The van der Waals surface area contributed by atoms with Crippen molar-refractivity contribution in [2.24, 2.45) is 0 Å². The molecule has 4 aromatic carbocycles. The molecular formula is C32H36N2O5S. The molecule has 0 saturated carbocycles. The van der Waals surface area contributed by atoms with Crippen molar-refractivity contribution in [2.75, 3.05) is 20.1 Å². The molecule has 0 bridgehead atoms. The molecule has 0 aliphatic heterocycles. The second-order valence-electron chi connectivity index (χ2n) is 10.9. The molecule has 0 aliphatic rings. The molecular weight excluding hydrogens is 524 g/mol. The Balaban J connectivity index is 1.40. The van der Waals surface area contributed by atoms with E-state index in [-0.39, 0.29) is 29.1 Å². The molecule has 0 spiro atoms. The van der Waals surface area contributed by atoms with Gasteiger partial charge in [-0.3, -0.25) is 0 Å². The van der Waals surface area contributed by atoms with Crippen molar-refractivity contribution >= 4 is 26.8 Å². The van der Waals surface area contributed by atoms with Gasteiger partial charge in [0.1, 0.15) is 0 Å². The summed E-state index contributed by atoms with van der Waals surface area (Å²) >= 11 is 0. The van der Waals surface area contributed by atoms with Gasteiger partial charge in [0.05, 0.1) is 16.6 Å². The maximum absolute atomic E-state index is 13.3. The number of aliphatic hydroxyl groups is 1. The highest BCUT2D eigenvalue weighted by Crippen LogP contribution is 2.26. The predicted octanol–water partition coefficient (Wildman–Crippen LogP) is 5.11. The number of sulfonamides is 1. The number of aromatic carboxylic acids is 1. The molecule has 8 heteroatoms. The van der Waals surface area contributed by atoms with E-state index in [1.807, 2.05) is 12.1 Å². The second-order valence-corrected chi connectivity index (χ2v) is 13.0. The number of rotatable bonds is 11. The van der Waals surface area contributed by atoms with Crippen LogP contribution in [-0.2, 0) is 16.4 Å². The number of carbonyl (C=O) groups is 1. The topological polar surface area (TPSA) is 107 Å². The standard InChI is InChI=1S/C32H36N2O5S/c1-22-12-14-27(18-30(22)31(36)37)26-10-7-11-29(17-26)40(38,39)34(4)21-28(35)20-33-32(2,3)19-23-13-15-24-8-5-6-9-25(24)16-23/h5-18,28,33,35H,19-21H2,1-4H3,(H,36,37). The van der Waals surface area contributed by atoms with Crippen molar-refractivity contribution in [1.29, 1.82) is 0 Å². The third-order valence-electron chi connectivity index (χ3n) is 7.09. The maximum atomic E-state index is 13.3. The lowest BCUT2D eigenvalue weighted by Gasteiger charge is -2.29. The Labute approximate surface area is 236 Å². The molecule has 210 valence electrons. The highest BCUT2D eigenvalue weighted by molar-refractivity contribution is 7.89. The SMILES string of the molecule is Cc1ccc(-c2cccc(S(=O)(=O)N(C)CC(O)CNC(C)(C)Cc3ccc4ccccc4c3)c2)cc1C(=O)O. The van der Waals surface area contributed by atoms with E-state index >= 15 is 0 Å². The molecule has 0 aliphatic carbocycles. The number of benzene rings is 4. The van der Waals surface area contributed by atoms with E-state index in [9.17, 15) is 23.4 Å². The van der Waals surface area contributed by atoms with Gasteiger partial charge in [-0.2, -0.15) is 4.31 Å². The van der Waals surface area contributed by atoms with Gasteiger partial charge < -0.3 is 15.5 Å². The summed E-state index contributed by atoms with van der Waals surface area (Å²) in [6, 6.07) is 26.0. The van der Waals surface area contributed by atoms with Crippen LogP contribution >= 0.6 is 0 Å². The van der Waals surface area contributed by atoms with Crippen LogP contribution in [0.4, 0.5) is 0 Å². The van der Waals surface area contributed by atoms with E-state index in [0.717, 1.165) is 10.7 Å². The lowest BCUT2D eigenvalue weighted by Crippen LogP contribution is -2.47. The summed E-state index contributed by atoms with van der Waals surface area (Å²) in [4.78, 5) is 11.6. The Bertz CT molecular complexity index is 1630. The van der Waals surface area contributed by atoms with Gasteiger partial charge in [0.15, 0.2) is 0 Å². The zero-order valence-electron chi connectivity index (χ0n) is 23.3. The Morgan fingerprint density at radius 2 is 1.62 bits per heavy atom. The molecule has 0 fully saturated rings. The van der Waals surface area contributed by atoms with E-state index in [1.165, 1.54) is 35.5 Å². The van der Waals surface area contributed by atoms with Gasteiger partial charge in [0.2, 0.25) is 10.0 Å². The van der Waals surface area contributed by atoms with Crippen LogP contribution in [0.25, 0.3) is 21.9 Å². The summed E-state index contributed by atoms with van der Waals surface area (Å²) in [6.07, 6.45) is -0.178. The van der Waals surface area contributed by atoms with Crippen molar-refractivity contribution in [1.82, 2.24) is 9.62 Å². The molecule has 1 unspecified atom stereocenters. The summed E-state index contributed by atoms with van der Waals surface area (Å²) in [5.41, 5.74) is 2.85. The first-order valence-corrected chi connectivity index (χ1v) is 14.6. The first kappa shape index (κ1) is 29.4. The zero-order chi connectivity index (χ0) is 29.1. The summed E-state index contributed by atoms with van der Waals surface area (Å²) in [6.45, 7) is 5.97. The average molecular weight is 561 g/mol. The number of hydrogen-bond acceptors (Lipinski definition) is 5. The minimum atomic E-state index is -3.89. The van der Waals surface area contributed by atoms with E-state index < -0.39 is 22.1 Å². The first-order chi connectivity index (χ1) is 18.9. The van der Waals surface area contributed by atoms with Gasteiger partial charge in [0.25, 0.3) is 0 Å². The zero-order valence-corrected chi connectivity index (χ0v) is 24.1. The number of β-amino-alcohol motifs (C(OH)–C–C–N with tert-alkyl or cyclic N) is 1. The molecule has 7 nitrogen and oxygen atoms in total. The highest BCUT2D eigenvalue weighted by Gasteiger charge is 2.25. The number of nitrogens with one attached hydrogen (secondary N) is 1. The van der Waals surface area contributed by atoms with E-state index in [1.54, 1.807) is 37.3 Å². The number of likely N-dealkylation sites (N-methyl/N-ethyl adjacent to an activating group) is 1. The van der Waals surface area contributed by atoms with Gasteiger partial charge in [-0.05, 0) is 78.4 Å². The lowest BCUT2D eigenvalue weighted by molar-refractivity contribution is 0.0696.